The van der Waals surface area contributed by atoms with Gasteiger partial charge in [0.25, 0.3) is 0 Å². The Balaban J connectivity index is 1.41. The molecule has 44 heavy (non-hydrogen) atoms. The number of rotatable bonds is 8. The molecular formula is C31H26BrN3O7S2. The van der Waals surface area contributed by atoms with Crippen LogP contribution < -0.4 is 29.3 Å². The molecule has 3 atom stereocenters. The number of methoxy groups -OCH3 is 3. The van der Waals surface area contributed by atoms with Crippen molar-refractivity contribution in [1.29, 1.82) is 0 Å². The number of thiazole rings is 1. The molecule has 0 spiro atoms. The third-order valence-corrected chi connectivity index (χ3v) is 10.7. The molecule has 0 aliphatic carbocycles. The summed E-state index contributed by atoms with van der Waals surface area (Å²) in [7, 11) is 4.60. The van der Waals surface area contributed by atoms with Gasteiger partial charge in [-0.2, -0.15) is 0 Å². The minimum absolute atomic E-state index is 0.266. The summed E-state index contributed by atoms with van der Waals surface area (Å²) in [6, 6.07) is 19.1. The normalized spacial score (nSPS) is 18.9. The summed E-state index contributed by atoms with van der Waals surface area (Å²) in [5.41, 5.74) is 1.70. The maximum Gasteiger partial charge on any atom is 0.308 e. The largest absolute Gasteiger partial charge is 0.497 e. The molecule has 0 radical (unpaired) electrons. The van der Waals surface area contributed by atoms with Gasteiger partial charge in [-0.15, -0.1) is 0 Å². The second-order valence-corrected chi connectivity index (χ2v) is 13.1. The van der Waals surface area contributed by atoms with Crippen molar-refractivity contribution >= 4 is 68.1 Å². The Hall–Kier alpha value is -4.07. The first-order valence-corrected chi connectivity index (χ1v) is 15.9. The molecule has 2 unspecified atom stereocenters. The van der Waals surface area contributed by atoms with E-state index in [9.17, 15) is 19.2 Å². The summed E-state index contributed by atoms with van der Waals surface area (Å²) in [4.78, 5) is 56.0. The summed E-state index contributed by atoms with van der Waals surface area (Å²) >= 11 is 5.54. The van der Waals surface area contributed by atoms with Crippen molar-refractivity contribution in [3.05, 3.63) is 91.3 Å². The number of halogens is 1. The molecule has 2 aliphatic rings. The number of thioether (sulfide) groups is 1. The molecule has 1 aromatic heterocycles. The van der Waals surface area contributed by atoms with Gasteiger partial charge in [0, 0.05) is 21.0 Å². The Morgan fingerprint density at radius 1 is 0.886 bits per heavy atom. The highest BCUT2D eigenvalue weighted by atomic mass is 79.9. The van der Waals surface area contributed by atoms with Gasteiger partial charge < -0.3 is 19.5 Å². The van der Waals surface area contributed by atoms with Gasteiger partial charge in [-0.3, -0.25) is 23.7 Å². The molecule has 10 nitrogen and oxygen atoms in total. The van der Waals surface area contributed by atoms with Crippen LogP contribution in [0.5, 0.6) is 17.2 Å². The molecule has 6 rings (SSSR count). The number of carbonyl (C=O) groups excluding carboxylic acids is 3. The van der Waals surface area contributed by atoms with Crippen molar-refractivity contribution in [2.45, 2.75) is 22.7 Å². The lowest BCUT2D eigenvalue weighted by Crippen LogP contribution is -2.33. The van der Waals surface area contributed by atoms with Gasteiger partial charge in [0.2, 0.25) is 17.7 Å². The van der Waals surface area contributed by atoms with Crippen molar-refractivity contribution in [3.63, 3.8) is 0 Å². The molecule has 3 aromatic carbocycles. The number of benzene rings is 3. The zero-order valence-electron chi connectivity index (χ0n) is 23.7. The Kier molecular flexibility index (Phi) is 8.27. The van der Waals surface area contributed by atoms with E-state index in [1.54, 1.807) is 67.8 Å². The molecule has 3 heterocycles. The molecular weight excluding hydrogens is 670 g/mol. The van der Waals surface area contributed by atoms with Gasteiger partial charge in [0.15, 0.2) is 11.5 Å². The summed E-state index contributed by atoms with van der Waals surface area (Å²) in [5.74, 6) is -0.975. The van der Waals surface area contributed by atoms with Gasteiger partial charge in [0.05, 0.1) is 38.0 Å². The van der Waals surface area contributed by atoms with Crippen LogP contribution in [0.25, 0.3) is 0 Å². The number of imide groups is 1. The van der Waals surface area contributed by atoms with Crippen LogP contribution in [0, 0.1) is 5.92 Å². The number of anilines is 2. The van der Waals surface area contributed by atoms with Crippen LogP contribution >= 0.6 is 39.0 Å². The number of nitrogens with zero attached hydrogens (tertiary/aromatic N) is 2. The first kappa shape index (κ1) is 30.0. The number of ether oxygens (including phenoxy) is 3. The summed E-state index contributed by atoms with van der Waals surface area (Å²) in [6.45, 7) is -0.266. The fourth-order valence-corrected chi connectivity index (χ4v) is 8.56. The van der Waals surface area contributed by atoms with E-state index in [0.29, 0.717) is 44.1 Å². The summed E-state index contributed by atoms with van der Waals surface area (Å²) in [6.07, 6.45) is 0. The van der Waals surface area contributed by atoms with E-state index < -0.39 is 23.0 Å². The molecule has 13 heteroatoms. The second-order valence-electron chi connectivity index (χ2n) is 10.0. The highest BCUT2D eigenvalue weighted by molar-refractivity contribution is 9.10. The van der Waals surface area contributed by atoms with E-state index in [0.717, 1.165) is 27.6 Å². The van der Waals surface area contributed by atoms with Gasteiger partial charge in [-0.25, -0.2) is 4.90 Å². The van der Waals surface area contributed by atoms with Crippen LogP contribution in [-0.4, -0.2) is 48.9 Å². The van der Waals surface area contributed by atoms with Crippen LogP contribution in [0.1, 0.15) is 16.4 Å². The van der Waals surface area contributed by atoms with Gasteiger partial charge in [-0.05, 0) is 66.2 Å². The molecule has 226 valence electrons. The Morgan fingerprint density at radius 2 is 1.59 bits per heavy atom. The lowest BCUT2D eigenvalue weighted by Gasteiger charge is -2.31. The van der Waals surface area contributed by atoms with E-state index in [1.165, 1.54) is 23.7 Å². The lowest BCUT2D eigenvalue weighted by molar-refractivity contribution is -0.122. The fourth-order valence-electron chi connectivity index (χ4n) is 5.52. The number of amides is 3. The van der Waals surface area contributed by atoms with E-state index in [1.807, 2.05) is 6.07 Å². The highest BCUT2D eigenvalue weighted by Crippen LogP contribution is 2.54. The molecule has 1 fully saturated rings. The Morgan fingerprint density at radius 3 is 2.25 bits per heavy atom. The van der Waals surface area contributed by atoms with Crippen LogP contribution in [0.3, 0.4) is 0 Å². The van der Waals surface area contributed by atoms with Crippen LogP contribution in [0.4, 0.5) is 11.4 Å². The molecule has 4 aromatic rings. The second kappa shape index (κ2) is 12.1. The smallest absolute Gasteiger partial charge is 0.308 e. The predicted molar refractivity (Wildman–Crippen MR) is 171 cm³/mol. The number of hydrogen-bond acceptors (Lipinski definition) is 9. The van der Waals surface area contributed by atoms with Crippen molar-refractivity contribution in [1.82, 2.24) is 4.57 Å². The lowest BCUT2D eigenvalue weighted by atomic mass is 9.83. The van der Waals surface area contributed by atoms with Crippen LogP contribution in [0.15, 0.2) is 81.0 Å². The zero-order chi connectivity index (χ0) is 31.1. The van der Waals surface area contributed by atoms with Crippen molar-refractivity contribution < 1.29 is 28.6 Å². The van der Waals surface area contributed by atoms with E-state index in [-0.39, 0.29) is 23.2 Å². The van der Waals surface area contributed by atoms with E-state index in [2.05, 4.69) is 21.2 Å². The highest BCUT2D eigenvalue weighted by Gasteiger charge is 2.57. The number of nitrogens with one attached hydrogen (secondary N) is 1. The molecule has 1 saturated heterocycles. The molecule has 0 bridgehead atoms. The topological polar surface area (TPSA) is 116 Å². The SMILES string of the molecule is COc1ccc(NC(=O)Cn2c3c(sc2=O)[C@H](c2ccc(OC)c(OC)c2)C2C(=O)N(c4ccc(Br)cc4)C(=O)C2S3)cc1. The standard InChI is InChI=1S/C31H26BrN3O7S2/c1-40-20-11-7-18(8-12-20)33-23(36)15-34-30-27(44-31(34)39)24(16-4-13-21(41-2)22(14-16)42-3)25-26(43-30)29(38)35(28(25)37)19-9-5-17(32)6-10-19/h4-14,24-26H,15H2,1-3H3,(H,33,36)/t24-,25?,26?/m1/s1. The minimum Gasteiger partial charge on any atom is -0.497 e. The number of carbonyl (C=O) groups is 3. The number of fused-ring (bicyclic) bond motifs is 2. The van der Waals surface area contributed by atoms with Crippen molar-refractivity contribution in [2.24, 2.45) is 5.92 Å². The van der Waals surface area contributed by atoms with Crippen molar-refractivity contribution in [3.8, 4) is 17.2 Å². The molecule has 1 N–H and O–H groups in total. The summed E-state index contributed by atoms with van der Waals surface area (Å²) in [5, 5.41) is 2.48. The maximum absolute atomic E-state index is 14.1. The van der Waals surface area contributed by atoms with Gasteiger partial charge in [0.1, 0.15) is 17.5 Å². The zero-order valence-corrected chi connectivity index (χ0v) is 27.0. The Bertz CT molecular complexity index is 1820. The van der Waals surface area contributed by atoms with Crippen molar-refractivity contribution in [2.75, 3.05) is 31.5 Å². The van der Waals surface area contributed by atoms with E-state index in [4.69, 9.17) is 14.2 Å². The molecule has 0 saturated carbocycles. The van der Waals surface area contributed by atoms with Gasteiger partial charge in [-0.1, -0.05) is 45.1 Å². The summed E-state index contributed by atoms with van der Waals surface area (Å²) < 4.78 is 18.3. The van der Waals surface area contributed by atoms with Crippen LogP contribution in [-0.2, 0) is 20.9 Å². The first-order chi connectivity index (χ1) is 21.2. The van der Waals surface area contributed by atoms with E-state index >= 15 is 0 Å². The maximum atomic E-state index is 14.1. The fraction of sp³-hybridized carbons (Fsp3) is 0.226. The average Bonchev–Trinajstić information content (AvgIpc) is 3.47. The predicted octanol–water partition coefficient (Wildman–Crippen LogP) is 5.13. The quantitative estimate of drug-likeness (QED) is 0.252. The molecule has 2 aliphatic heterocycles. The van der Waals surface area contributed by atoms with Crippen LogP contribution in [0.2, 0.25) is 0 Å². The van der Waals surface area contributed by atoms with Gasteiger partial charge >= 0.3 is 4.87 Å². The monoisotopic (exact) mass is 695 g/mol. The molecule has 3 amide bonds. The third-order valence-electron chi connectivity index (χ3n) is 7.58. The minimum atomic E-state index is -0.818. The number of hydrogen-bond donors (Lipinski definition) is 1. The number of aromatic nitrogens is 1. The average molecular weight is 697 g/mol. The Labute approximate surface area is 269 Å². The third kappa shape index (κ3) is 5.29. The first-order valence-electron chi connectivity index (χ1n) is 13.4.